The van der Waals surface area contributed by atoms with Crippen LogP contribution in [0.2, 0.25) is 0 Å². The highest BCUT2D eigenvalue weighted by Crippen LogP contribution is 2.35. The van der Waals surface area contributed by atoms with Crippen molar-refractivity contribution in [3.63, 3.8) is 0 Å². The molecule has 0 radical (unpaired) electrons. The van der Waals surface area contributed by atoms with E-state index < -0.39 is 6.10 Å². The zero-order valence-electron chi connectivity index (χ0n) is 11.2. The lowest BCUT2D eigenvalue weighted by Crippen LogP contribution is -2.32. The Morgan fingerprint density at radius 3 is 2.79 bits per heavy atom. The summed E-state index contributed by atoms with van der Waals surface area (Å²) in [6.45, 7) is 0.719. The molecule has 1 atom stereocenters. The Morgan fingerprint density at radius 2 is 2.00 bits per heavy atom. The van der Waals surface area contributed by atoms with E-state index in [4.69, 9.17) is 0 Å². The van der Waals surface area contributed by atoms with Gasteiger partial charge in [-0.3, -0.25) is 4.79 Å². The molecule has 1 amide bonds. The van der Waals surface area contributed by atoms with Crippen LogP contribution in [0.4, 0.5) is 0 Å². The zero-order valence-corrected chi connectivity index (χ0v) is 11.2. The van der Waals surface area contributed by atoms with Gasteiger partial charge in [0, 0.05) is 12.1 Å². The van der Waals surface area contributed by atoms with E-state index in [1.807, 2.05) is 18.2 Å². The Hall–Kier alpha value is -1.35. The Kier molecular flexibility index (Phi) is 3.56. The average Bonchev–Trinajstić information content (AvgIpc) is 2.47. The molecule has 1 unspecified atom stereocenters. The standard InChI is InChI=1S/C16H21NO2/c18-15(12-4-2-1-3-5-12)13-7-6-11-8-9-17-16(19)14(11)10-13/h6-7,10,12,15,18H,1-5,8-9H2,(H,17,19). The first-order chi connectivity index (χ1) is 9.25. The van der Waals surface area contributed by atoms with Gasteiger partial charge in [0.1, 0.15) is 0 Å². The Bertz CT molecular complexity index is 478. The van der Waals surface area contributed by atoms with Crippen LogP contribution in [0.3, 0.4) is 0 Å². The molecule has 1 aliphatic carbocycles. The molecule has 1 aromatic carbocycles. The lowest BCUT2D eigenvalue weighted by molar-refractivity contribution is 0.0845. The summed E-state index contributed by atoms with van der Waals surface area (Å²) in [6.07, 6.45) is 6.40. The van der Waals surface area contributed by atoms with Crippen molar-refractivity contribution in [2.24, 2.45) is 5.92 Å². The fourth-order valence-electron chi connectivity index (χ4n) is 3.34. The van der Waals surface area contributed by atoms with Crippen molar-refractivity contribution in [1.29, 1.82) is 0 Å². The van der Waals surface area contributed by atoms with Gasteiger partial charge in [0.2, 0.25) is 0 Å². The van der Waals surface area contributed by atoms with Crippen LogP contribution in [-0.4, -0.2) is 17.6 Å². The largest absolute Gasteiger partial charge is 0.388 e. The quantitative estimate of drug-likeness (QED) is 0.857. The molecule has 0 bridgehead atoms. The highest BCUT2D eigenvalue weighted by atomic mass is 16.3. The minimum atomic E-state index is -0.416. The van der Waals surface area contributed by atoms with Gasteiger partial charge in [0.15, 0.2) is 0 Å². The molecule has 0 aromatic heterocycles. The molecule has 102 valence electrons. The Labute approximate surface area is 114 Å². The van der Waals surface area contributed by atoms with E-state index in [9.17, 15) is 9.90 Å². The third-order valence-electron chi connectivity index (χ3n) is 4.50. The molecule has 1 saturated carbocycles. The number of hydrogen-bond acceptors (Lipinski definition) is 2. The molecule has 19 heavy (non-hydrogen) atoms. The van der Waals surface area contributed by atoms with Gasteiger partial charge in [-0.15, -0.1) is 0 Å². The van der Waals surface area contributed by atoms with E-state index in [1.54, 1.807) is 0 Å². The van der Waals surface area contributed by atoms with Crippen LogP contribution < -0.4 is 5.32 Å². The summed E-state index contributed by atoms with van der Waals surface area (Å²) in [5, 5.41) is 13.4. The van der Waals surface area contributed by atoms with Gasteiger partial charge in [-0.1, -0.05) is 31.4 Å². The molecule has 3 rings (SSSR count). The second kappa shape index (κ2) is 5.33. The number of carbonyl (C=O) groups excluding carboxylic acids is 1. The summed E-state index contributed by atoms with van der Waals surface area (Å²) in [6, 6.07) is 5.90. The number of rotatable bonds is 2. The Morgan fingerprint density at radius 1 is 1.21 bits per heavy atom. The molecule has 1 aliphatic heterocycles. The van der Waals surface area contributed by atoms with Crippen LogP contribution in [0.5, 0.6) is 0 Å². The predicted molar refractivity (Wildman–Crippen MR) is 74.0 cm³/mol. The third kappa shape index (κ3) is 2.52. The van der Waals surface area contributed by atoms with Crippen LogP contribution in [0.25, 0.3) is 0 Å². The Balaban J connectivity index is 1.84. The summed E-state index contributed by atoms with van der Waals surface area (Å²) in [5.41, 5.74) is 2.75. The maximum atomic E-state index is 11.8. The van der Waals surface area contributed by atoms with E-state index in [2.05, 4.69) is 5.32 Å². The van der Waals surface area contributed by atoms with Crippen molar-refractivity contribution in [3.8, 4) is 0 Å². The fourth-order valence-corrected chi connectivity index (χ4v) is 3.34. The van der Waals surface area contributed by atoms with Crippen molar-refractivity contribution in [2.75, 3.05) is 6.54 Å². The normalized spacial score (nSPS) is 21.6. The lowest BCUT2D eigenvalue weighted by Gasteiger charge is -2.27. The van der Waals surface area contributed by atoms with Gasteiger partial charge in [0.05, 0.1) is 6.10 Å². The summed E-state index contributed by atoms with van der Waals surface area (Å²) in [5.74, 6) is 0.359. The van der Waals surface area contributed by atoms with Gasteiger partial charge >= 0.3 is 0 Å². The topological polar surface area (TPSA) is 49.3 Å². The van der Waals surface area contributed by atoms with E-state index in [-0.39, 0.29) is 5.91 Å². The number of nitrogens with one attached hydrogen (secondary N) is 1. The molecular formula is C16H21NO2. The van der Waals surface area contributed by atoms with Crippen molar-refractivity contribution in [3.05, 3.63) is 34.9 Å². The van der Waals surface area contributed by atoms with E-state index in [0.717, 1.165) is 42.5 Å². The second-order valence-corrected chi connectivity index (χ2v) is 5.77. The molecular weight excluding hydrogens is 238 g/mol. The molecule has 1 fully saturated rings. The minimum absolute atomic E-state index is 0.000978. The SMILES string of the molecule is O=C1NCCc2ccc(C(O)C3CCCCC3)cc21. The zero-order chi connectivity index (χ0) is 13.2. The van der Waals surface area contributed by atoms with Crippen LogP contribution >= 0.6 is 0 Å². The molecule has 0 spiro atoms. The van der Waals surface area contributed by atoms with Crippen molar-refractivity contribution in [1.82, 2.24) is 5.32 Å². The molecule has 2 aliphatic rings. The lowest BCUT2D eigenvalue weighted by atomic mass is 9.82. The number of aliphatic hydroxyl groups excluding tert-OH is 1. The molecule has 3 nitrogen and oxygen atoms in total. The number of hydrogen-bond donors (Lipinski definition) is 2. The van der Waals surface area contributed by atoms with Gasteiger partial charge in [-0.25, -0.2) is 0 Å². The maximum Gasteiger partial charge on any atom is 0.251 e. The molecule has 2 N–H and O–H groups in total. The molecule has 0 saturated heterocycles. The number of aliphatic hydroxyl groups is 1. The maximum absolute atomic E-state index is 11.8. The first-order valence-electron chi connectivity index (χ1n) is 7.35. The number of benzene rings is 1. The van der Waals surface area contributed by atoms with Gasteiger partial charge < -0.3 is 10.4 Å². The average molecular weight is 259 g/mol. The van der Waals surface area contributed by atoms with Crippen molar-refractivity contribution in [2.45, 2.75) is 44.6 Å². The number of carbonyl (C=O) groups is 1. The molecule has 1 heterocycles. The monoisotopic (exact) mass is 259 g/mol. The minimum Gasteiger partial charge on any atom is -0.388 e. The fraction of sp³-hybridized carbons (Fsp3) is 0.562. The van der Waals surface area contributed by atoms with E-state index >= 15 is 0 Å². The van der Waals surface area contributed by atoms with Gasteiger partial charge in [-0.05, 0) is 42.4 Å². The first-order valence-corrected chi connectivity index (χ1v) is 7.35. The second-order valence-electron chi connectivity index (χ2n) is 5.77. The van der Waals surface area contributed by atoms with E-state index in [1.165, 1.54) is 19.3 Å². The molecule has 3 heteroatoms. The highest BCUT2D eigenvalue weighted by molar-refractivity contribution is 5.96. The third-order valence-corrected chi connectivity index (χ3v) is 4.50. The predicted octanol–water partition coefficient (Wildman–Crippen LogP) is 2.59. The smallest absolute Gasteiger partial charge is 0.251 e. The van der Waals surface area contributed by atoms with Crippen LogP contribution in [0.15, 0.2) is 18.2 Å². The van der Waals surface area contributed by atoms with Crippen LogP contribution in [0.1, 0.15) is 59.7 Å². The van der Waals surface area contributed by atoms with Gasteiger partial charge in [0.25, 0.3) is 5.91 Å². The summed E-state index contributed by atoms with van der Waals surface area (Å²) < 4.78 is 0. The number of amides is 1. The van der Waals surface area contributed by atoms with E-state index in [0.29, 0.717) is 5.92 Å². The summed E-state index contributed by atoms with van der Waals surface area (Å²) >= 11 is 0. The van der Waals surface area contributed by atoms with Crippen LogP contribution in [0, 0.1) is 5.92 Å². The van der Waals surface area contributed by atoms with Gasteiger partial charge in [-0.2, -0.15) is 0 Å². The summed E-state index contributed by atoms with van der Waals surface area (Å²) in [7, 11) is 0. The van der Waals surface area contributed by atoms with Crippen LogP contribution in [-0.2, 0) is 6.42 Å². The molecule has 1 aromatic rings. The first kappa shape index (κ1) is 12.7. The van der Waals surface area contributed by atoms with Crippen molar-refractivity contribution >= 4 is 5.91 Å². The number of fused-ring (bicyclic) bond motifs is 1. The summed E-state index contributed by atoms with van der Waals surface area (Å²) in [4.78, 5) is 11.8. The van der Waals surface area contributed by atoms with Crippen molar-refractivity contribution < 1.29 is 9.90 Å². The highest BCUT2D eigenvalue weighted by Gasteiger charge is 2.25.